The summed E-state index contributed by atoms with van der Waals surface area (Å²) >= 11 is 0. The summed E-state index contributed by atoms with van der Waals surface area (Å²) < 4.78 is 0. The Morgan fingerprint density at radius 3 is 1.89 bits per heavy atom. The first-order valence-corrected chi connectivity index (χ1v) is 31.8. The van der Waals surface area contributed by atoms with E-state index >= 15 is 0 Å². The second kappa shape index (κ2) is 19.7. The average molecular weight is 1120 g/mol. The van der Waals surface area contributed by atoms with Gasteiger partial charge in [-0.25, -0.2) is 0 Å². The quantitative estimate of drug-likeness (QED) is 0.0913. The van der Waals surface area contributed by atoms with Crippen molar-refractivity contribution in [3.8, 4) is 0 Å². The van der Waals surface area contributed by atoms with E-state index in [1.54, 1.807) is 5.47 Å². The Morgan fingerprint density at radius 1 is 0.483 bits per heavy atom. The third-order valence-electron chi connectivity index (χ3n) is 21.0. The van der Waals surface area contributed by atoms with Crippen molar-refractivity contribution < 1.29 is 0 Å². The van der Waals surface area contributed by atoms with Gasteiger partial charge in [-0.3, -0.25) is 16.0 Å². The number of nitrogens with zero attached hydrogens (tertiary/aromatic N) is 3. The molecule has 5 atom stereocenters. The van der Waals surface area contributed by atoms with Gasteiger partial charge in [0, 0.05) is 85.7 Å². The Kier molecular flexibility index (Phi) is 11.3. The van der Waals surface area contributed by atoms with Crippen LogP contribution in [0.1, 0.15) is 63.1 Å². The van der Waals surface area contributed by atoms with E-state index in [2.05, 4.69) is 271 Å². The zero-order valence-electron chi connectivity index (χ0n) is 48.5. The number of anilines is 10. The molecule has 8 aromatic carbocycles. The molecule has 418 valence electrons. The van der Waals surface area contributed by atoms with Gasteiger partial charge in [0.15, 0.2) is 0 Å². The lowest BCUT2D eigenvalue weighted by Gasteiger charge is -2.50. The van der Waals surface area contributed by atoms with E-state index < -0.39 is 0 Å². The molecule has 0 aromatic heterocycles. The van der Waals surface area contributed by atoms with Gasteiger partial charge in [-0.15, -0.1) is 0 Å². The zero-order valence-corrected chi connectivity index (χ0v) is 48.5. The molecule has 8 aromatic rings. The van der Waals surface area contributed by atoms with Crippen LogP contribution in [0.3, 0.4) is 0 Å². The molecule has 5 unspecified atom stereocenters. The molecule has 11 aliphatic rings. The number of fused-ring (bicyclic) bond motifs is 10. The van der Waals surface area contributed by atoms with Crippen molar-refractivity contribution in [1.29, 1.82) is 0 Å². The molecule has 7 heterocycles. The maximum absolute atomic E-state index is 4.43. The summed E-state index contributed by atoms with van der Waals surface area (Å²) in [5.74, 6) is 0.299. The van der Waals surface area contributed by atoms with Gasteiger partial charge < -0.3 is 30.7 Å². The summed E-state index contributed by atoms with van der Waals surface area (Å²) in [6.07, 6.45) is 21.9. The summed E-state index contributed by atoms with van der Waals surface area (Å²) in [5.41, 5.74) is 33.1. The van der Waals surface area contributed by atoms with Gasteiger partial charge in [0.05, 0.1) is 18.5 Å². The van der Waals surface area contributed by atoms with Gasteiger partial charge in [0.25, 0.3) is 13.4 Å². The molecule has 1 saturated heterocycles. The number of allylic oxidation sites excluding steroid dienone is 10. The first-order chi connectivity index (χ1) is 43.1. The fourth-order valence-corrected chi connectivity index (χ4v) is 17.4. The first kappa shape index (κ1) is 50.0. The van der Waals surface area contributed by atoms with Gasteiger partial charge in [-0.05, 0) is 197 Å². The Labute approximate surface area is 510 Å². The number of benzene rings is 8. The summed E-state index contributed by atoms with van der Waals surface area (Å²) in [6.45, 7) is 0.356. The molecular formula is C75H64B3N9. The topological polar surface area (TPSA) is 81.9 Å². The Bertz CT molecular complexity index is 4470. The Morgan fingerprint density at radius 2 is 1.14 bits per heavy atom. The largest absolute Gasteiger partial charge is 0.379 e. The molecule has 0 saturated carbocycles. The summed E-state index contributed by atoms with van der Waals surface area (Å²) in [5, 5.41) is 25.0. The van der Waals surface area contributed by atoms with Crippen molar-refractivity contribution in [1.82, 2.24) is 16.0 Å². The molecule has 4 aliphatic carbocycles. The van der Waals surface area contributed by atoms with E-state index in [0.717, 1.165) is 51.4 Å². The second-order valence-corrected chi connectivity index (χ2v) is 25.5. The van der Waals surface area contributed by atoms with E-state index in [1.165, 1.54) is 135 Å². The molecule has 0 bridgehead atoms. The summed E-state index contributed by atoms with van der Waals surface area (Å²) in [7, 11) is 0. The summed E-state index contributed by atoms with van der Waals surface area (Å²) in [4.78, 5) is 7.80. The van der Waals surface area contributed by atoms with Crippen LogP contribution in [0, 0.1) is 5.92 Å². The lowest BCUT2D eigenvalue weighted by atomic mass is 9.30. The third kappa shape index (κ3) is 7.67. The molecule has 0 radical (unpaired) electrons. The van der Waals surface area contributed by atoms with Crippen LogP contribution in [0.25, 0.3) is 0 Å². The number of hydrogen-bond donors (Lipinski definition) is 6. The number of nitrogens with one attached hydrogen (secondary N) is 6. The van der Waals surface area contributed by atoms with Crippen molar-refractivity contribution in [2.24, 2.45) is 5.92 Å². The number of rotatable bonds is 6. The minimum atomic E-state index is -0.162. The predicted octanol–water partition coefficient (Wildman–Crippen LogP) is 11.5. The smallest absolute Gasteiger partial charge is 0.252 e. The van der Waals surface area contributed by atoms with Gasteiger partial charge in [-0.2, -0.15) is 0 Å². The van der Waals surface area contributed by atoms with Gasteiger partial charge in [-0.1, -0.05) is 145 Å². The summed E-state index contributed by atoms with van der Waals surface area (Å²) in [6, 6.07) is 70.8. The molecule has 0 spiro atoms. The minimum Gasteiger partial charge on any atom is -0.379 e. The molecule has 12 heteroatoms. The molecule has 19 rings (SSSR count). The molecular weight excluding hydrogens is 1060 g/mol. The fraction of sp³-hybridized carbons (Fsp3) is 0.173. The molecule has 0 amide bonds. The van der Waals surface area contributed by atoms with Crippen molar-refractivity contribution in [3.63, 3.8) is 0 Å². The number of hydrogen-bond acceptors (Lipinski definition) is 9. The second-order valence-electron chi connectivity index (χ2n) is 25.5. The SMILES string of the molecule is C1=CCCC(N2c3ccc(C4NC(C5=CC6=C(CC5)N(c5ccccc5)c5cccc7c5B6c5ccccc5N7)NC(C5CCC6=C(C5)B5C7=C(C=CCC7Nc7ccccc75)N6c5ccccc5)N4)cc3B3c4ccccc4Nc4cccc2c43)=C1. The van der Waals surface area contributed by atoms with Crippen LogP contribution in [0.15, 0.2) is 269 Å². The number of para-hydroxylation sites is 5. The standard InChI is InChI=1S/C75H64B3N9/c1-4-19-49(20-5-1)85-64-40-37-46(43-55(64)76-52-25-10-13-28-58(52)79-61-31-16-34-67(85)70(61)76)73-82-74(47-38-41-65-56(44-47)77-53-26-11-14-29-59(53)80-62-32-17-35-68(71(62)77)86(65)50-21-6-2-7-22-50)84-75(83-73)48-39-42-66-57(45-48)78-54-27-12-15-30-60(54)81-63-33-18-36-69(72(63)78)87(66)51-23-8-3-9-24-51/h1-8,10-23,25-31,33-36,39,42-43,45,47,62,73-75,79-84H,9,24,32,37-38,40-41,44H2. The van der Waals surface area contributed by atoms with Crippen molar-refractivity contribution in [3.05, 3.63) is 275 Å². The predicted molar refractivity (Wildman–Crippen MR) is 363 cm³/mol. The van der Waals surface area contributed by atoms with E-state index in [4.69, 9.17) is 0 Å². The highest BCUT2D eigenvalue weighted by molar-refractivity contribution is 7.00. The van der Waals surface area contributed by atoms with Crippen molar-refractivity contribution in [2.45, 2.75) is 75.9 Å². The molecule has 7 aliphatic heterocycles. The lowest BCUT2D eigenvalue weighted by molar-refractivity contribution is 0.158. The zero-order chi connectivity index (χ0) is 56.8. The van der Waals surface area contributed by atoms with E-state index in [-0.39, 0.29) is 44.7 Å². The van der Waals surface area contributed by atoms with E-state index in [0.29, 0.717) is 5.92 Å². The lowest BCUT2D eigenvalue weighted by Crippen LogP contribution is -2.67. The highest BCUT2D eigenvalue weighted by atomic mass is 15.4. The fourth-order valence-electron chi connectivity index (χ4n) is 17.4. The highest BCUT2D eigenvalue weighted by Crippen LogP contribution is 2.50. The first-order valence-electron chi connectivity index (χ1n) is 31.8. The van der Waals surface area contributed by atoms with Crippen molar-refractivity contribution >= 4 is 110 Å². The molecule has 87 heavy (non-hydrogen) atoms. The van der Waals surface area contributed by atoms with Crippen LogP contribution in [0.4, 0.5) is 56.9 Å². The third-order valence-corrected chi connectivity index (χ3v) is 21.0. The average Bonchev–Trinajstić information content (AvgIpc) is 1.30. The van der Waals surface area contributed by atoms with Gasteiger partial charge in [0.2, 0.25) is 6.71 Å². The van der Waals surface area contributed by atoms with Crippen LogP contribution in [-0.2, 0) is 0 Å². The maximum atomic E-state index is 4.43. The molecule has 1 fully saturated rings. The molecule has 6 N–H and O–H groups in total. The van der Waals surface area contributed by atoms with Crippen molar-refractivity contribution in [2.75, 3.05) is 30.7 Å². The van der Waals surface area contributed by atoms with Crippen LogP contribution < -0.4 is 79.4 Å². The minimum absolute atomic E-state index is 0.0103. The van der Waals surface area contributed by atoms with E-state index in [1.807, 2.05) is 0 Å². The van der Waals surface area contributed by atoms with Crippen LogP contribution in [0.2, 0.25) is 0 Å². The van der Waals surface area contributed by atoms with Crippen LogP contribution in [0.5, 0.6) is 0 Å². The van der Waals surface area contributed by atoms with Crippen LogP contribution >= 0.6 is 0 Å². The monoisotopic (exact) mass is 1120 g/mol. The van der Waals surface area contributed by atoms with Gasteiger partial charge >= 0.3 is 0 Å². The normalized spacial score (nSPS) is 23.1. The Hall–Kier alpha value is -9.19. The Balaban J connectivity index is 0.766. The van der Waals surface area contributed by atoms with Gasteiger partial charge in [0.1, 0.15) is 0 Å². The maximum Gasteiger partial charge on any atom is 0.252 e. The van der Waals surface area contributed by atoms with Crippen LogP contribution in [-0.4, -0.2) is 38.5 Å². The van der Waals surface area contributed by atoms with E-state index in [9.17, 15) is 0 Å². The highest BCUT2D eigenvalue weighted by Gasteiger charge is 2.50. The molecule has 9 nitrogen and oxygen atoms in total.